The quantitative estimate of drug-likeness (QED) is 0.823. The zero-order chi connectivity index (χ0) is 12.1. The van der Waals surface area contributed by atoms with Crippen LogP contribution in [0.2, 0.25) is 0 Å². The number of nitrogens with zero attached hydrogens (tertiary/aromatic N) is 1. The van der Waals surface area contributed by atoms with E-state index in [0.717, 1.165) is 38.4 Å². The van der Waals surface area contributed by atoms with Crippen LogP contribution in [0.1, 0.15) is 25.7 Å². The maximum Gasteiger partial charge on any atom is 0.242 e. The molecule has 2 heterocycles. The molecule has 0 bridgehead atoms. The molecule has 1 aromatic rings. The summed E-state index contributed by atoms with van der Waals surface area (Å²) in [5.74, 6) is -0.107. The van der Waals surface area contributed by atoms with E-state index in [1.807, 2.05) is 0 Å². The highest BCUT2D eigenvalue weighted by atomic mass is 19.1. The van der Waals surface area contributed by atoms with Gasteiger partial charge in [-0.25, -0.2) is 9.37 Å². The molecule has 17 heavy (non-hydrogen) atoms. The lowest BCUT2D eigenvalue weighted by Gasteiger charge is -2.14. The number of carbonyl (C=O) groups is 1. The van der Waals surface area contributed by atoms with Crippen LogP contribution in [0.4, 0.5) is 10.2 Å². The fourth-order valence-corrected chi connectivity index (χ4v) is 1.92. The molecule has 1 aliphatic heterocycles. The smallest absolute Gasteiger partial charge is 0.242 e. The summed E-state index contributed by atoms with van der Waals surface area (Å²) in [5, 5.41) is 5.89. The Kier molecular flexibility index (Phi) is 4.03. The molecule has 1 saturated heterocycles. The van der Waals surface area contributed by atoms with E-state index in [4.69, 9.17) is 0 Å². The first-order chi connectivity index (χ1) is 8.25. The minimum Gasteiger partial charge on any atom is -0.309 e. The molecule has 0 radical (unpaired) electrons. The molecule has 1 aromatic heterocycles. The molecule has 1 fully saturated rings. The Morgan fingerprint density at radius 1 is 1.41 bits per heavy atom. The number of aromatic nitrogens is 1. The van der Waals surface area contributed by atoms with E-state index in [1.165, 1.54) is 12.1 Å². The Bertz CT molecular complexity index is 372. The molecule has 0 saturated carbocycles. The van der Waals surface area contributed by atoms with Gasteiger partial charge in [-0.1, -0.05) is 12.8 Å². The van der Waals surface area contributed by atoms with Crippen LogP contribution in [0.25, 0.3) is 0 Å². The fraction of sp³-hybridized carbons (Fsp3) is 0.500. The van der Waals surface area contributed by atoms with Gasteiger partial charge in [0, 0.05) is 0 Å². The number of nitrogens with one attached hydrogen (secondary N) is 2. The standard InChI is InChI=1S/C12H16FN3O/c13-9-5-6-11(15-8-9)16-12(17)10-4-2-1-3-7-14-10/h5-6,8,10,14H,1-4,7H2,(H,15,16,17). The fourth-order valence-electron chi connectivity index (χ4n) is 1.92. The molecule has 0 aliphatic carbocycles. The Morgan fingerprint density at radius 3 is 3.06 bits per heavy atom. The van der Waals surface area contributed by atoms with Crippen LogP contribution in [-0.2, 0) is 4.79 Å². The van der Waals surface area contributed by atoms with Crippen molar-refractivity contribution in [3.8, 4) is 0 Å². The molecule has 1 unspecified atom stereocenters. The highest BCUT2D eigenvalue weighted by Gasteiger charge is 2.19. The number of pyridine rings is 1. The van der Waals surface area contributed by atoms with Crippen molar-refractivity contribution in [3.05, 3.63) is 24.1 Å². The maximum atomic E-state index is 12.6. The van der Waals surface area contributed by atoms with Crippen LogP contribution in [-0.4, -0.2) is 23.5 Å². The van der Waals surface area contributed by atoms with Gasteiger partial charge in [0.15, 0.2) is 0 Å². The van der Waals surface area contributed by atoms with Crippen molar-refractivity contribution in [2.75, 3.05) is 11.9 Å². The third-order valence-electron chi connectivity index (χ3n) is 2.86. The SMILES string of the molecule is O=C(Nc1ccc(F)cn1)C1CCCCCN1. The Labute approximate surface area is 99.6 Å². The van der Waals surface area contributed by atoms with Gasteiger partial charge in [-0.05, 0) is 31.5 Å². The number of amides is 1. The zero-order valence-corrected chi connectivity index (χ0v) is 9.58. The minimum absolute atomic E-state index is 0.0917. The van der Waals surface area contributed by atoms with Crippen LogP contribution < -0.4 is 10.6 Å². The largest absolute Gasteiger partial charge is 0.309 e. The number of carbonyl (C=O) groups excluding carboxylic acids is 1. The van der Waals surface area contributed by atoms with Crippen molar-refractivity contribution >= 4 is 11.7 Å². The van der Waals surface area contributed by atoms with Crippen LogP contribution in [0, 0.1) is 5.82 Å². The second-order valence-corrected chi connectivity index (χ2v) is 4.21. The summed E-state index contributed by atoms with van der Waals surface area (Å²) in [6.45, 7) is 0.870. The molecule has 1 atom stereocenters. The van der Waals surface area contributed by atoms with Crippen molar-refractivity contribution in [2.24, 2.45) is 0 Å². The topological polar surface area (TPSA) is 54.0 Å². The first-order valence-electron chi connectivity index (χ1n) is 5.91. The predicted octanol–water partition coefficient (Wildman–Crippen LogP) is 1.69. The summed E-state index contributed by atoms with van der Waals surface area (Å²) in [7, 11) is 0. The Balaban J connectivity index is 1.93. The second-order valence-electron chi connectivity index (χ2n) is 4.21. The van der Waals surface area contributed by atoms with Crippen LogP contribution in [0.5, 0.6) is 0 Å². The predicted molar refractivity (Wildman–Crippen MR) is 63.1 cm³/mol. The molecule has 0 aromatic carbocycles. The summed E-state index contributed by atoms with van der Waals surface area (Å²) in [6.07, 6.45) is 5.26. The number of hydrogen-bond acceptors (Lipinski definition) is 3. The zero-order valence-electron chi connectivity index (χ0n) is 9.58. The van der Waals surface area contributed by atoms with Crippen LogP contribution in [0.3, 0.4) is 0 Å². The minimum atomic E-state index is -0.407. The van der Waals surface area contributed by atoms with E-state index in [-0.39, 0.29) is 11.9 Å². The molecule has 2 N–H and O–H groups in total. The highest BCUT2D eigenvalue weighted by molar-refractivity contribution is 5.94. The van der Waals surface area contributed by atoms with E-state index in [2.05, 4.69) is 15.6 Å². The van der Waals surface area contributed by atoms with E-state index in [9.17, 15) is 9.18 Å². The third kappa shape index (κ3) is 3.49. The van der Waals surface area contributed by atoms with Gasteiger partial charge in [0.1, 0.15) is 11.6 Å². The van der Waals surface area contributed by atoms with Gasteiger partial charge in [0.05, 0.1) is 12.2 Å². The van der Waals surface area contributed by atoms with Crippen molar-refractivity contribution in [1.82, 2.24) is 10.3 Å². The molecule has 0 spiro atoms. The molecule has 5 heteroatoms. The third-order valence-corrected chi connectivity index (χ3v) is 2.86. The number of halogens is 1. The average Bonchev–Trinajstić information content (AvgIpc) is 2.61. The van der Waals surface area contributed by atoms with E-state index >= 15 is 0 Å². The monoisotopic (exact) mass is 237 g/mol. The lowest BCUT2D eigenvalue weighted by molar-refractivity contribution is -0.118. The van der Waals surface area contributed by atoms with Crippen LogP contribution >= 0.6 is 0 Å². The van der Waals surface area contributed by atoms with Gasteiger partial charge in [0.25, 0.3) is 0 Å². The molecule has 2 rings (SSSR count). The van der Waals surface area contributed by atoms with Crippen molar-refractivity contribution < 1.29 is 9.18 Å². The van der Waals surface area contributed by atoms with Gasteiger partial charge < -0.3 is 10.6 Å². The van der Waals surface area contributed by atoms with Gasteiger partial charge >= 0.3 is 0 Å². The summed E-state index contributed by atoms with van der Waals surface area (Å²) in [5.41, 5.74) is 0. The van der Waals surface area contributed by atoms with Crippen molar-refractivity contribution in [1.29, 1.82) is 0 Å². The molecular weight excluding hydrogens is 221 g/mol. The highest BCUT2D eigenvalue weighted by Crippen LogP contribution is 2.10. The number of hydrogen-bond donors (Lipinski definition) is 2. The summed E-state index contributed by atoms with van der Waals surface area (Å²) in [6, 6.07) is 2.58. The Morgan fingerprint density at radius 2 is 2.29 bits per heavy atom. The second kappa shape index (κ2) is 5.72. The van der Waals surface area contributed by atoms with Gasteiger partial charge in [-0.3, -0.25) is 4.79 Å². The van der Waals surface area contributed by atoms with Crippen molar-refractivity contribution in [2.45, 2.75) is 31.7 Å². The molecule has 92 valence electrons. The first-order valence-corrected chi connectivity index (χ1v) is 5.91. The molecule has 4 nitrogen and oxygen atoms in total. The van der Waals surface area contributed by atoms with Gasteiger partial charge in [-0.15, -0.1) is 0 Å². The van der Waals surface area contributed by atoms with Gasteiger partial charge in [-0.2, -0.15) is 0 Å². The number of rotatable bonds is 2. The molecular formula is C12H16FN3O. The lowest BCUT2D eigenvalue weighted by atomic mass is 10.1. The van der Waals surface area contributed by atoms with Crippen molar-refractivity contribution in [3.63, 3.8) is 0 Å². The maximum absolute atomic E-state index is 12.6. The lowest BCUT2D eigenvalue weighted by Crippen LogP contribution is -2.40. The molecule has 1 aliphatic rings. The first kappa shape index (κ1) is 12.0. The van der Waals surface area contributed by atoms with Gasteiger partial charge in [0.2, 0.25) is 5.91 Å². The van der Waals surface area contributed by atoms with E-state index in [1.54, 1.807) is 0 Å². The van der Waals surface area contributed by atoms with E-state index < -0.39 is 5.82 Å². The summed E-state index contributed by atoms with van der Waals surface area (Å²) < 4.78 is 12.6. The summed E-state index contributed by atoms with van der Waals surface area (Å²) in [4.78, 5) is 15.7. The van der Waals surface area contributed by atoms with E-state index in [0.29, 0.717) is 5.82 Å². The average molecular weight is 237 g/mol. The Hall–Kier alpha value is -1.49. The summed E-state index contributed by atoms with van der Waals surface area (Å²) >= 11 is 0. The van der Waals surface area contributed by atoms with Crippen LogP contribution in [0.15, 0.2) is 18.3 Å². The number of anilines is 1. The molecule has 1 amide bonds. The normalized spacial score (nSPS) is 20.6.